The summed E-state index contributed by atoms with van der Waals surface area (Å²) < 4.78 is 17.9. The Bertz CT molecular complexity index is 6890. The maximum absolute atomic E-state index is 2.38. The molecule has 0 radical (unpaired) electrons. The molecule has 0 aliphatic rings. The quantitative estimate of drug-likeness (QED) is 0.0450. The third-order valence-electron chi connectivity index (χ3n) is 29.1. The van der Waals surface area contributed by atoms with Gasteiger partial charge in [-0.2, -0.15) is 0 Å². The Morgan fingerprint density at radius 1 is 0.132 bits per heavy atom. The fraction of sp³-hybridized carbons (Fsp3) is 0.415. The highest BCUT2D eigenvalue weighted by Crippen LogP contribution is 2.47. The molecular weight excluding hydrogens is 1670 g/mol. The minimum atomic E-state index is 1.12. The summed E-state index contributed by atoms with van der Waals surface area (Å²) in [5, 5.41) is 17.3. The Morgan fingerprint density at radius 3 is 0.434 bits per heavy atom. The Hall–Kier alpha value is -8.04. The van der Waals surface area contributed by atoms with Gasteiger partial charge in [0.25, 0.3) is 0 Å². The third kappa shape index (κ3) is 20.8. The number of rotatable bonds is 27. The molecule has 0 unspecified atom stereocenters. The Kier molecular flexibility index (Phi) is 34.8. The van der Waals surface area contributed by atoms with Gasteiger partial charge in [-0.3, -0.25) is 0 Å². The van der Waals surface area contributed by atoms with Crippen LogP contribution in [0.4, 0.5) is 0 Å². The highest BCUT2D eigenvalue weighted by Gasteiger charge is 2.21. The maximum atomic E-state index is 2.38. The van der Waals surface area contributed by atoms with Crippen LogP contribution in [-0.4, -0.2) is 0 Å². The van der Waals surface area contributed by atoms with Crippen LogP contribution in [0, 0.1) is 83.1 Å². The molecule has 0 atom stereocenters. The number of benzene rings is 12. The molecule has 0 N–H and O–H groups in total. The van der Waals surface area contributed by atoms with Gasteiger partial charge in [-0.15, -0.1) is 68.0 Å². The van der Waals surface area contributed by atoms with E-state index < -0.39 is 0 Å². The highest BCUT2D eigenvalue weighted by atomic mass is 32.1. The smallest absolute Gasteiger partial charge is 0.0387 e. The predicted octanol–water partition coefficient (Wildman–Crippen LogP) is 40.6. The summed E-state index contributed by atoms with van der Waals surface area (Å²) in [6, 6.07) is 56.0. The van der Waals surface area contributed by atoms with E-state index >= 15 is 0 Å². The van der Waals surface area contributed by atoms with Crippen LogP contribution in [0.5, 0.6) is 0 Å². The minimum absolute atomic E-state index is 1.12. The van der Waals surface area contributed by atoms with Crippen molar-refractivity contribution in [3.05, 3.63) is 279 Å². The molecule has 18 rings (SSSR count). The van der Waals surface area contributed by atoms with Gasteiger partial charge in [0.1, 0.15) is 0 Å². The molecule has 0 spiro atoms. The van der Waals surface area contributed by atoms with E-state index in [1.54, 1.807) is 16.7 Å². The van der Waals surface area contributed by atoms with E-state index in [1.807, 2.05) is 68.0 Å². The number of fused-ring (bicyclic) bond motifs is 18. The van der Waals surface area contributed by atoms with Crippen molar-refractivity contribution < 1.29 is 0 Å². The second-order valence-electron chi connectivity index (χ2n) is 37.1. The number of unbranched alkanes of at least 4 members (excludes halogenated alkanes) is 10. The van der Waals surface area contributed by atoms with E-state index in [0.29, 0.717) is 0 Å². The van der Waals surface area contributed by atoms with E-state index in [4.69, 9.17) is 0 Å². The van der Waals surface area contributed by atoms with Gasteiger partial charge in [0.2, 0.25) is 0 Å². The summed E-state index contributed by atoms with van der Waals surface area (Å²) in [7, 11) is 0. The zero-order chi connectivity index (χ0) is 92.0. The van der Waals surface area contributed by atoms with Gasteiger partial charge in [0.05, 0.1) is 0 Å². The monoisotopic (exact) mass is 1820 g/mol. The van der Waals surface area contributed by atoms with Crippen molar-refractivity contribution in [2.24, 2.45) is 0 Å². The lowest BCUT2D eigenvalue weighted by Crippen LogP contribution is -1.90. The van der Waals surface area contributed by atoms with Crippen molar-refractivity contribution in [1.82, 2.24) is 0 Å². The molecule has 0 saturated heterocycles. The molecule has 0 aliphatic heterocycles. The van der Waals surface area contributed by atoms with Gasteiger partial charge >= 0.3 is 0 Å². The highest BCUT2D eigenvalue weighted by molar-refractivity contribution is 7.28. The molecule has 6 heterocycles. The fourth-order valence-electron chi connectivity index (χ4n) is 20.4. The Morgan fingerprint density at radius 2 is 0.264 bits per heavy atom. The molecule has 0 aliphatic carbocycles. The first kappa shape index (κ1) is 98.5. The van der Waals surface area contributed by atoms with E-state index in [1.165, 1.54) is 366 Å². The number of aryl methyl sites for hydroxylation is 24. The van der Waals surface area contributed by atoms with Gasteiger partial charge < -0.3 is 0 Å². The average molecular weight is 1820 g/mol. The molecule has 678 valence electrons. The van der Waals surface area contributed by atoms with Gasteiger partial charge in [-0.25, -0.2) is 0 Å². The van der Waals surface area contributed by atoms with Crippen molar-refractivity contribution in [2.45, 2.75) is 340 Å². The van der Waals surface area contributed by atoms with Crippen LogP contribution < -0.4 is 0 Å². The van der Waals surface area contributed by atoms with Gasteiger partial charge in [-0.1, -0.05) is 299 Å². The molecule has 0 amide bonds. The standard InChI is InChI=1S/C23H30S.C22H28S.C21H26S.C20H24S.C19H22S.C18H20S/c1-5-7-8-9-10-11-19-13-15-21-20-14-12-18(6-2)16(3)22(20)24-23(21)17(19)4;1-5-7-8-9-10-18-12-14-20-19-13-11-17(6-2)15(3)21(19)23-22(20)16(18)4;1-5-7-8-9-17-11-13-19-18-12-10-16(6-2)14(3)20(18)22-21(19)15(17)4;1-5-7-8-16-10-12-18-17-11-9-15(6-2)13(3)19(17)21-20(18)14(16)4;1-5-7-15-9-11-17-16-10-8-14(6-2)12(3)18(16)20-19(17)13(15)4;1-5-13-7-9-15-16-10-8-14(6-2)12(4)18(16)19-17(15)11(13)3/h12-15H,5-11H2,1-4H3;11-14H,5-10H2,1-4H3;10-13H,5-9H2,1-4H3;9-12H,5-8H2,1-4H3;8-11H,5-7H2,1-4H3;7-10H,5-6H2,1-4H3. The van der Waals surface area contributed by atoms with E-state index in [-0.39, 0.29) is 0 Å². The summed E-state index contributed by atoms with van der Waals surface area (Å²) in [6.07, 6.45) is 33.8. The molecule has 0 nitrogen and oxygen atoms in total. The van der Waals surface area contributed by atoms with Crippen LogP contribution in [0.15, 0.2) is 146 Å². The molecule has 0 saturated carbocycles. The molecule has 0 bridgehead atoms. The first-order chi connectivity index (χ1) is 62.5. The van der Waals surface area contributed by atoms with Crippen LogP contribution in [0.3, 0.4) is 0 Å². The average Bonchev–Trinajstić information content (AvgIpc) is 1.64. The zero-order valence-corrected chi connectivity index (χ0v) is 88.3. The van der Waals surface area contributed by atoms with E-state index in [0.717, 1.165) is 44.9 Å². The maximum Gasteiger partial charge on any atom is 0.0387 e. The summed E-state index contributed by atoms with van der Waals surface area (Å²) in [4.78, 5) is 0. The molecule has 129 heavy (non-hydrogen) atoms. The Labute approximate surface area is 800 Å². The Balaban J connectivity index is 0.000000132. The van der Waals surface area contributed by atoms with Gasteiger partial charge in [0, 0.05) is 121 Å². The lowest BCUT2D eigenvalue weighted by Gasteiger charge is -2.07. The first-order valence-electron chi connectivity index (χ1n) is 50.1. The zero-order valence-electron chi connectivity index (χ0n) is 83.4. The number of hydrogen-bond acceptors (Lipinski definition) is 6. The first-order valence-corrected chi connectivity index (χ1v) is 55.0. The van der Waals surface area contributed by atoms with Crippen LogP contribution >= 0.6 is 68.0 Å². The minimum Gasteiger partial charge on any atom is -0.135 e. The van der Waals surface area contributed by atoms with Crippen LogP contribution in [0.1, 0.15) is 313 Å². The summed E-state index contributed by atoms with van der Waals surface area (Å²) in [5.41, 5.74) is 35.9. The van der Waals surface area contributed by atoms with Gasteiger partial charge in [-0.05, 0) is 319 Å². The number of hydrogen-bond donors (Lipinski definition) is 0. The normalized spacial score (nSPS) is 11.6. The summed E-state index contributed by atoms with van der Waals surface area (Å²) in [6.45, 7) is 54.6. The van der Waals surface area contributed by atoms with Crippen molar-refractivity contribution in [2.75, 3.05) is 0 Å². The van der Waals surface area contributed by atoms with E-state index in [2.05, 4.69) is 312 Å². The van der Waals surface area contributed by atoms with Crippen LogP contribution in [-0.2, 0) is 77.0 Å². The van der Waals surface area contributed by atoms with Crippen molar-refractivity contribution in [1.29, 1.82) is 0 Å². The molecule has 12 aromatic carbocycles. The molecular formula is C123H150S6. The molecule has 6 heteroatoms. The lowest BCUT2D eigenvalue weighted by atomic mass is 9.98. The van der Waals surface area contributed by atoms with Crippen molar-refractivity contribution >= 4 is 189 Å². The van der Waals surface area contributed by atoms with Crippen LogP contribution in [0.2, 0.25) is 0 Å². The fourth-order valence-corrected chi connectivity index (χ4v) is 28.5. The summed E-state index contributed by atoms with van der Waals surface area (Å²) in [5.74, 6) is 0. The molecule has 18 aromatic rings. The topological polar surface area (TPSA) is 0 Å². The molecule has 0 fully saturated rings. The van der Waals surface area contributed by atoms with Crippen molar-refractivity contribution in [3.63, 3.8) is 0 Å². The van der Waals surface area contributed by atoms with E-state index in [9.17, 15) is 0 Å². The van der Waals surface area contributed by atoms with Crippen LogP contribution in [0.25, 0.3) is 121 Å². The summed E-state index contributed by atoms with van der Waals surface area (Å²) >= 11 is 12.0. The number of thiophene rings is 6. The second kappa shape index (κ2) is 45.6. The van der Waals surface area contributed by atoms with Gasteiger partial charge in [0.15, 0.2) is 0 Å². The molecule has 6 aromatic heterocycles. The lowest BCUT2D eigenvalue weighted by molar-refractivity contribution is 0.632. The third-order valence-corrected chi connectivity index (χ3v) is 37.8. The second-order valence-corrected chi connectivity index (χ2v) is 43.2. The largest absolute Gasteiger partial charge is 0.135 e. The van der Waals surface area contributed by atoms with Crippen molar-refractivity contribution in [3.8, 4) is 0 Å². The SMILES string of the molecule is CCCCCCCc1ccc2c(sc3c(C)c(CC)ccc32)c1C.CCCCCCc1ccc2c(sc3c(C)c(CC)ccc32)c1C.CCCCCc1ccc2c(sc3c(C)c(CC)ccc32)c1C.CCCCc1ccc2c(sc3c(C)c(CC)ccc32)c1C.CCCc1ccc2c(sc3c(C)c(CC)ccc32)c1C.CCc1ccc2c(sc3c(C)c(CC)ccc32)c1C. The predicted molar refractivity (Wildman–Crippen MR) is 595 cm³/mol.